The van der Waals surface area contributed by atoms with Crippen LogP contribution in [0.5, 0.6) is 0 Å². The van der Waals surface area contributed by atoms with E-state index in [9.17, 15) is 14.7 Å². The van der Waals surface area contributed by atoms with Gasteiger partial charge in [0, 0.05) is 13.3 Å². The lowest BCUT2D eigenvalue weighted by Crippen LogP contribution is -2.27. The van der Waals surface area contributed by atoms with E-state index in [0.29, 0.717) is 6.42 Å². The average molecular weight is 411 g/mol. The number of allylic oxidation sites excluding steroid dienone is 5. The minimum absolute atomic E-state index is 0.120. The number of carbonyl (C=O) groups is 2. The summed E-state index contributed by atoms with van der Waals surface area (Å²) < 4.78 is 9.80. The molecule has 0 saturated heterocycles. The Balaban J connectivity index is 3.63. The average Bonchev–Trinajstić information content (AvgIpc) is 2.69. The summed E-state index contributed by atoms with van der Waals surface area (Å²) in [5, 5.41) is 18.9. The predicted octanol–water partition coefficient (Wildman–Crippen LogP) is 4.01. The van der Waals surface area contributed by atoms with Crippen LogP contribution in [0.1, 0.15) is 71.6 Å². The molecule has 0 radical (unpaired) electrons. The van der Waals surface area contributed by atoms with Crippen molar-refractivity contribution in [2.75, 3.05) is 13.2 Å². The van der Waals surface area contributed by atoms with E-state index in [1.807, 2.05) is 18.2 Å². The normalized spacial score (nSPS) is 13.9. The van der Waals surface area contributed by atoms with E-state index >= 15 is 0 Å². The van der Waals surface area contributed by atoms with Gasteiger partial charge in [-0.05, 0) is 25.7 Å². The van der Waals surface area contributed by atoms with Crippen molar-refractivity contribution in [1.29, 1.82) is 0 Å². The highest BCUT2D eigenvalue weighted by Crippen LogP contribution is 2.10. The van der Waals surface area contributed by atoms with Gasteiger partial charge in [-0.15, -0.1) is 0 Å². The van der Waals surface area contributed by atoms with E-state index < -0.39 is 18.2 Å². The van der Waals surface area contributed by atoms with Gasteiger partial charge in [-0.1, -0.05) is 69.1 Å². The summed E-state index contributed by atoms with van der Waals surface area (Å²) in [6, 6.07) is 0. The van der Waals surface area contributed by atoms with Gasteiger partial charge in [0.2, 0.25) is 0 Å². The molecule has 0 saturated carbocycles. The van der Waals surface area contributed by atoms with E-state index in [-0.39, 0.29) is 19.2 Å². The minimum Gasteiger partial charge on any atom is -0.462 e. The fraction of sp³-hybridized carbons (Fsp3) is 0.652. The highest BCUT2D eigenvalue weighted by atomic mass is 16.6. The van der Waals surface area contributed by atoms with Crippen molar-refractivity contribution in [2.45, 2.75) is 83.8 Å². The molecule has 0 aliphatic heterocycles. The van der Waals surface area contributed by atoms with Gasteiger partial charge in [-0.3, -0.25) is 9.59 Å². The molecule has 2 N–H and O–H groups in total. The SMILES string of the molecule is CC/C=C/C/C=C/C=C/C(O)CCCCCCCC(=O)OC[C@H](CO)OC(C)=O. The van der Waals surface area contributed by atoms with Crippen LogP contribution >= 0.6 is 0 Å². The topological polar surface area (TPSA) is 93.1 Å². The lowest BCUT2D eigenvalue weighted by atomic mass is 10.1. The molecular formula is C23H38O6. The molecule has 29 heavy (non-hydrogen) atoms. The molecule has 1 unspecified atom stereocenters. The van der Waals surface area contributed by atoms with Gasteiger partial charge in [0.05, 0.1) is 12.7 Å². The van der Waals surface area contributed by atoms with Crippen LogP contribution in [-0.4, -0.2) is 47.6 Å². The first-order valence-corrected chi connectivity index (χ1v) is 10.6. The van der Waals surface area contributed by atoms with Gasteiger partial charge >= 0.3 is 11.9 Å². The minimum atomic E-state index is -0.801. The van der Waals surface area contributed by atoms with E-state index in [1.165, 1.54) is 6.92 Å². The first-order valence-electron chi connectivity index (χ1n) is 10.6. The maximum atomic E-state index is 11.6. The second-order valence-electron chi connectivity index (χ2n) is 6.90. The molecule has 0 spiro atoms. The van der Waals surface area contributed by atoms with Crippen LogP contribution in [0.4, 0.5) is 0 Å². The number of carbonyl (C=O) groups excluding carboxylic acids is 2. The van der Waals surface area contributed by atoms with Gasteiger partial charge < -0.3 is 19.7 Å². The van der Waals surface area contributed by atoms with Crippen molar-refractivity contribution in [3.63, 3.8) is 0 Å². The Hall–Kier alpha value is -1.92. The van der Waals surface area contributed by atoms with E-state index in [2.05, 4.69) is 25.2 Å². The van der Waals surface area contributed by atoms with E-state index in [0.717, 1.165) is 51.4 Å². The number of esters is 2. The molecule has 6 nitrogen and oxygen atoms in total. The molecule has 2 atom stereocenters. The van der Waals surface area contributed by atoms with Gasteiger partial charge in [0.1, 0.15) is 6.61 Å². The highest BCUT2D eigenvalue weighted by molar-refractivity contribution is 5.69. The molecule has 0 amide bonds. The second-order valence-corrected chi connectivity index (χ2v) is 6.90. The maximum absolute atomic E-state index is 11.6. The summed E-state index contributed by atoms with van der Waals surface area (Å²) in [5.41, 5.74) is 0. The Labute approximate surface area is 175 Å². The van der Waals surface area contributed by atoms with Gasteiger partial charge in [0.15, 0.2) is 6.10 Å². The third kappa shape index (κ3) is 19.2. The van der Waals surface area contributed by atoms with Crippen LogP contribution in [0.25, 0.3) is 0 Å². The fourth-order valence-electron chi connectivity index (χ4n) is 2.56. The Morgan fingerprint density at radius 1 is 1.00 bits per heavy atom. The molecule has 0 fully saturated rings. The largest absolute Gasteiger partial charge is 0.462 e. The van der Waals surface area contributed by atoms with Crippen LogP contribution in [0.3, 0.4) is 0 Å². The predicted molar refractivity (Wildman–Crippen MR) is 114 cm³/mol. The summed E-state index contributed by atoms with van der Waals surface area (Å²) in [6.07, 6.45) is 18.4. The number of hydrogen-bond donors (Lipinski definition) is 2. The summed E-state index contributed by atoms with van der Waals surface area (Å²) >= 11 is 0. The Morgan fingerprint density at radius 3 is 2.41 bits per heavy atom. The Bertz CT molecular complexity index is 509. The molecule has 0 rings (SSSR count). The Kier molecular flexibility index (Phi) is 18.1. The fourth-order valence-corrected chi connectivity index (χ4v) is 2.56. The molecule has 0 heterocycles. The van der Waals surface area contributed by atoms with Crippen LogP contribution in [0.2, 0.25) is 0 Å². The number of aliphatic hydroxyl groups excluding tert-OH is 2. The zero-order chi connectivity index (χ0) is 21.7. The summed E-state index contributed by atoms with van der Waals surface area (Å²) in [5.74, 6) is -0.869. The van der Waals surface area contributed by atoms with Crippen molar-refractivity contribution >= 4 is 11.9 Å². The van der Waals surface area contributed by atoms with Crippen molar-refractivity contribution in [2.24, 2.45) is 0 Å². The van der Waals surface area contributed by atoms with Crippen LogP contribution < -0.4 is 0 Å². The Morgan fingerprint density at radius 2 is 1.72 bits per heavy atom. The molecule has 0 aromatic carbocycles. The summed E-state index contributed by atoms with van der Waals surface area (Å²) in [7, 11) is 0. The number of ether oxygens (including phenoxy) is 2. The van der Waals surface area contributed by atoms with E-state index in [1.54, 1.807) is 0 Å². The van der Waals surface area contributed by atoms with Crippen molar-refractivity contribution in [3.8, 4) is 0 Å². The molecule has 0 aliphatic carbocycles. The molecular weight excluding hydrogens is 372 g/mol. The lowest BCUT2D eigenvalue weighted by Gasteiger charge is -2.14. The van der Waals surface area contributed by atoms with Crippen molar-refractivity contribution in [3.05, 3.63) is 36.5 Å². The van der Waals surface area contributed by atoms with Crippen molar-refractivity contribution in [1.82, 2.24) is 0 Å². The molecule has 166 valence electrons. The van der Waals surface area contributed by atoms with E-state index in [4.69, 9.17) is 14.6 Å². The molecule has 0 aromatic heterocycles. The standard InChI is InChI=1S/C23H38O6/c1-3-4-5-6-7-9-12-15-21(26)16-13-10-8-11-14-17-23(27)28-19-22(18-24)29-20(2)25/h4-5,7,9,12,15,21-22,24,26H,3,6,8,10-11,13-14,16-19H2,1-2H3/b5-4+,9-7+,15-12+/t21?,22-/m0/s1. The third-order valence-corrected chi connectivity index (χ3v) is 4.10. The first-order chi connectivity index (χ1) is 14.0. The number of unbranched alkanes of at least 4 members (excludes halogenated alkanes) is 4. The van der Waals surface area contributed by atoms with Gasteiger partial charge in [-0.2, -0.15) is 0 Å². The van der Waals surface area contributed by atoms with Crippen LogP contribution in [-0.2, 0) is 19.1 Å². The van der Waals surface area contributed by atoms with Crippen molar-refractivity contribution < 1.29 is 29.3 Å². The van der Waals surface area contributed by atoms with Gasteiger partial charge in [-0.25, -0.2) is 0 Å². The number of rotatable bonds is 17. The summed E-state index contributed by atoms with van der Waals surface area (Å²) in [6.45, 7) is 2.85. The summed E-state index contributed by atoms with van der Waals surface area (Å²) in [4.78, 5) is 22.4. The first kappa shape index (κ1) is 27.1. The number of aliphatic hydroxyl groups is 2. The monoisotopic (exact) mass is 410 g/mol. The molecule has 0 bridgehead atoms. The molecule has 0 aromatic rings. The number of hydrogen-bond acceptors (Lipinski definition) is 6. The smallest absolute Gasteiger partial charge is 0.305 e. The van der Waals surface area contributed by atoms with Crippen LogP contribution in [0.15, 0.2) is 36.5 Å². The zero-order valence-corrected chi connectivity index (χ0v) is 17.9. The highest BCUT2D eigenvalue weighted by Gasteiger charge is 2.13. The third-order valence-electron chi connectivity index (χ3n) is 4.10. The molecule has 6 heteroatoms. The quantitative estimate of drug-likeness (QED) is 0.163. The zero-order valence-electron chi connectivity index (χ0n) is 17.9. The molecule has 0 aliphatic rings. The maximum Gasteiger partial charge on any atom is 0.305 e. The van der Waals surface area contributed by atoms with Gasteiger partial charge in [0.25, 0.3) is 0 Å². The second kappa shape index (κ2) is 19.4. The lowest BCUT2D eigenvalue weighted by molar-refractivity contribution is -0.159. The van der Waals surface area contributed by atoms with Crippen LogP contribution in [0, 0.1) is 0 Å².